The first-order chi connectivity index (χ1) is 12.3. The molecule has 2 aromatic heterocycles. The van der Waals surface area contributed by atoms with Gasteiger partial charge in [-0.25, -0.2) is 15.0 Å². The summed E-state index contributed by atoms with van der Waals surface area (Å²) in [6.45, 7) is 0.411. The monoisotopic (exact) mass is 341 g/mol. The summed E-state index contributed by atoms with van der Waals surface area (Å²) in [5.41, 5.74) is 2.41. The van der Waals surface area contributed by atoms with Crippen LogP contribution in [0.1, 0.15) is 18.2 Å². The Kier molecular flexibility index (Phi) is 4.31. The number of aliphatic hydroxyl groups is 2. The van der Waals surface area contributed by atoms with E-state index in [2.05, 4.69) is 20.3 Å². The molecule has 0 spiro atoms. The zero-order valence-corrected chi connectivity index (χ0v) is 13.5. The molecule has 8 heteroatoms. The van der Waals surface area contributed by atoms with Crippen molar-refractivity contribution in [1.29, 1.82) is 0 Å². The Hall–Kier alpha value is -2.55. The minimum absolute atomic E-state index is 0.219. The largest absolute Gasteiger partial charge is 0.394 e. The van der Waals surface area contributed by atoms with E-state index in [9.17, 15) is 10.2 Å². The van der Waals surface area contributed by atoms with Crippen LogP contribution < -0.4 is 5.32 Å². The van der Waals surface area contributed by atoms with Crippen LogP contribution in [0.15, 0.2) is 43.0 Å². The zero-order chi connectivity index (χ0) is 17.2. The average Bonchev–Trinajstić information content (AvgIpc) is 3.24. The minimum atomic E-state index is -0.704. The first-order valence-corrected chi connectivity index (χ1v) is 8.16. The van der Waals surface area contributed by atoms with Gasteiger partial charge in [-0.2, -0.15) is 0 Å². The molecule has 25 heavy (non-hydrogen) atoms. The van der Waals surface area contributed by atoms with E-state index in [0.717, 1.165) is 5.56 Å². The molecule has 0 radical (unpaired) electrons. The van der Waals surface area contributed by atoms with E-state index in [-0.39, 0.29) is 6.61 Å². The van der Waals surface area contributed by atoms with Crippen molar-refractivity contribution >= 4 is 17.0 Å². The molecule has 8 nitrogen and oxygen atoms in total. The average molecular weight is 341 g/mol. The lowest BCUT2D eigenvalue weighted by Crippen LogP contribution is -2.24. The number of hydrogen-bond acceptors (Lipinski definition) is 7. The second kappa shape index (κ2) is 6.75. The number of rotatable bonds is 5. The number of fused-ring (bicyclic) bond motifs is 1. The normalized spacial score (nSPS) is 23.2. The number of aliphatic hydroxyl groups excluding tert-OH is 2. The smallest absolute Gasteiger partial charge is 0.167 e. The highest BCUT2D eigenvalue weighted by atomic mass is 16.5. The van der Waals surface area contributed by atoms with Crippen molar-refractivity contribution in [2.75, 3.05) is 11.9 Å². The van der Waals surface area contributed by atoms with Crippen LogP contribution in [-0.4, -0.2) is 48.5 Å². The van der Waals surface area contributed by atoms with E-state index in [1.807, 2.05) is 30.3 Å². The fourth-order valence-corrected chi connectivity index (χ4v) is 3.02. The summed E-state index contributed by atoms with van der Waals surface area (Å²) in [5.74, 6) is 0.643. The van der Waals surface area contributed by atoms with Crippen molar-refractivity contribution in [3.05, 3.63) is 48.5 Å². The van der Waals surface area contributed by atoms with Crippen LogP contribution in [0.4, 0.5) is 5.82 Å². The van der Waals surface area contributed by atoms with Crippen molar-refractivity contribution < 1.29 is 14.9 Å². The van der Waals surface area contributed by atoms with Gasteiger partial charge in [-0.3, -0.25) is 4.57 Å². The predicted octanol–water partition coefficient (Wildman–Crippen LogP) is 1.08. The summed E-state index contributed by atoms with van der Waals surface area (Å²) < 4.78 is 7.45. The molecule has 0 amide bonds. The maximum atomic E-state index is 9.93. The third-order valence-corrected chi connectivity index (χ3v) is 4.36. The molecule has 1 fully saturated rings. The molecule has 4 rings (SSSR count). The summed E-state index contributed by atoms with van der Waals surface area (Å²) in [5, 5.41) is 22.5. The first-order valence-electron chi connectivity index (χ1n) is 8.16. The van der Waals surface area contributed by atoms with Gasteiger partial charge in [0.25, 0.3) is 0 Å². The van der Waals surface area contributed by atoms with E-state index in [0.29, 0.717) is 29.9 Å². The highest BCUT2D eigenvalue weighted by molar-refractivity contribution is 5.82. The number of nitrogens with zero attached hydrogens (tertiary/aromatic N) is 4. The molecule has 1 aromatic carbocycles. The van der Waals surface area contributed by atoms with Crippen molar-refractivity contribution in [2.45, 2.75) is 31.4 Å². The van der Waals surface area contributed by atoms with Crippen LogP contribution >= 0.6 is 0 Å². The Bertz CT molecular complexity index is 854. The Morgan fingerprint density at radius 3 is 2.80 bits per heavy atom. The second-order valence-electron chi connectivity index (χ2n) is 6.00. The SMILES string of the molecule is OC[C@H]1O[C@@H](n2cnc3c(NCc4ccccc4)ncnc32)CC1O. The summed E-state index contributed by atoms with van der Waals surface area (Å²) in [4.78, 5) is 13.0. The van der Waals surface area contributed by atoms with E-state index < -0.39 is 18.4 Å². The maximum absolute atomic E-state index is 9.93. The van der Waals surface area contributed by atoms with Gasteiger partial charge >= 0.3 is 0 Å². The van der Waals surface area contributed by atoms with Gasteiger partial charge in [0.15, 0.2) is 17.0 Å². The number of hydrogen-bond donors (Lipinski definition) is 3. The van der Waals surface area contributed by atoms with Crippen LogP contribution in [0.2, 0.25) is 0 Å². The van der Waals surface area contributed by atoms with Crippen LogP contribution in [-0.2, 0) is 11.3 Å². The number of benzene rings is 1. The van der Waals surface area contributed by atoms with Gasteiger partial charge < -0.3 is 20.3 Å². The third-order valence-electron chi connectivity index (χ3n) is 4.36. The fourth-order valence-electron chi connectivity index (χ4n) is 3.02. The highest BCUT2D eigenvalue weighted by Gasteiger charge is 2.35. The highest BCUT2D eigenvalue weighted by Crippen LogP contribution is 2.31. The topological polar surface area (TPSA) is 105 Å². The molecular weight excluding hydrogens is 322 g/mol. The van der Waals surface area contributed by atoms with E-state index >= 15 is 0 Å². The molecule has 0 saturated carbocycles. The van der Waals surface area contributed by atoms with Crippen molar-refractivity contribution in [3.8, 4) is 0 Å². The number of aromatic nitrogens is 4. The molecular formula is C17H19N5O3. The van der Waals surface area contributed by atoms with Crippen LogP contribution in [0.3, 0.4) is 0 Å². The van der Waals surface area contributed by atoms with Gasteiger partial charge in [-0.1, -0.05) is 30.3 Å². The molecule has 1 aliphatic rings. The van der Waals surface area contributed by atoms with Gasteiger partial charge in [0.05, 0.1) is 19.0 Å². The van der Waals surface area contributed by atoms with Crippen molar-refractivity contribution in [3.63, 3.8) is 0 Å². The fraction of sp³-hybridized carbons (Fsp3) is 0.353. The minimum Gasteiger partial charge on any atom is -0.394 e. The van der Waals surface area contributed by atoms with E-state index in [1.165, 1.54) is 6.33 Å². The molecule has 0 bridgehead atoms. The summed E-state index contributed by atoms with van der Waals surface area (Å²) >= 11 is 0. The van der Waals surface area contributed by atoms with Crippen molar-refractivity contribution in [1.82, 2.24) is 19.5 Å². The van der Waals surface area contributed by atoms with Gasteiger partial charge in [-0.15, -0.1) is 0 Å². The van der Waals surface area contributed by atoms with E-state index in [4.69, 9.17) is 4.74 Å². The molecule has 3 aromatic rings. The predicted molar refractivity (Wildman–Crippen MR) is 90.7 cm³/mol. The van der Waals surface area contributed by atoms with Crippen LogP contribution in [0, 0.1) is 0 Å². The lowest BCUT2D eigenvalue weighted by atomic mass is 10.2. The van der Waals surface area contributed by atoms with Crippen LogP contribution in [0.25, 0.3) is 11.2 Å². The second-order valence-corrected chi connectivity index (χ2v) is 6.00. The molecule has 3 N–H and O–H groups in total. The molecule has 1 unspecified atom stereocenters. The van der Waals surface area contributed by atoms with Gasteiger partial charge in [-0.05, 0) is 5.56 Å². The standard InChI is InChI=1S/C17H19N5O3/c23-8-13-12(24)6-14(25-13)22-10-21-15-16(19-9-20-17(15)22)18-7-11-4-2-1-3-5-11/h1-5,9-10,12-14,23-24H,6-8H2,(H,18,19,20)/t12?,13-,14-/m1/s1. The van der Waals surface area contributed by atoms with Gasteiger partial charge in [0.2, 0.25) is 0 Å². The van der Waals surface area contributed by atoms with Gasteiger partial charge in [0.1, 0.15) is 18.7 Å². The third kappa shape index (κ3) is 3.07. The quantitative estimate of drug-likeness (QED) is 0.638. The molecule has 1 aliphatic heterocycles. The number of anilines is 1. The van der Waals surface area contributed by atoms with Gasteiger partial charge in [0, 0.05) is 13.0 Å². The maximum Gasteiger partial charge on any atom is 0.167 e. The number of nitrogens with one attached hydrogen (secondary N) is 1. The Balaban J connectivity index is 1.58. The lowest BCUT2D eigenvalue weighted by Gasteiger charge is -2.13. The Labute approximate surface area is 144 Å². The van der Waals surface area contributed by atoms with Crippen molar-refractivity contribution in [2.24, 2.45) is 0 Å². The van der Waals surface area contributed by atoms with Crippen LogP contribution in [0.5, 0.6) is 0 Å². The molecule has 3 atom stereocenters. The molecule has 3 heterocycles. The molecule has 0 aliphatic carbocycles. The number of imidazole rings is 1. The summed E-state index contributed by atoms with van der Waals surface area (Å²) in [7, 11) is 0. The molecule has 130 valence electrons. The summed E-state index contributed by atoms with van der Waals surface area (Å²) in [6.07, 6.45) is 1.79. The first kappa shape index (κ1) is 15.9. The Morgan fingerprint density at radius 2 is 2.04 bits per heavy atom. The zero-order valence-electron chi connectivity index (χ0n) is 13.5. The lowest BCUT2D eigenvalue weighted by molar-refractivity contribution is -0.0432. The van der Waals surface area contributed by atoms with E-state index in [1.54, 1.807) is 10.9 Å². The Morgan fingerprint density at radius 1 is 1.20 bits per heavy atom. The number of ether oxygens (including phenoxy) is 1. The summed E-state index contributed by atoms with van der Waals surface area (Å²) in [6, 6.07) is 10.0. The molecule has 1 saturated heterocycles.